The number of nitrogens with zero attached hydrogens (tertiary/aromatic N) is 1. The summed E-state index contributed by atoms with van der Waals surface area (Å²) in [7, 11) is 0. The predicted molar refractivity (Wildman–Crippen MR) is 62.1 cm³/mol. The van der Waals surface area contributed by atoms with Crippen LogP contribution < -0.4 is 0 Å². The summed E-state index contributed by atoms with van der Waals surface area (Å²) in [6.07, 6.45) is 3.40. The molecule has 1 aromatic heterocycles. The molecule has 2 rings (SSSR count). The first-order chi connectivity index (χ1) is 8.08. The lowest BCUT2D eigenvalue weighted by Gasteiger charge is -2.20. The van der Waals surface area contributed by atoms with E-state index in [9.17, 15) is 9.59 Å². The molecule has 0 atom stereocenters. The van der Waals surface area contributed by atoms with Gasteiger partial charge in [0.2, 0.25) is 0 Å². The maximum atomic E-state index is 12.1. The number of aliphatic carboxylic acids is 1. The zero-order valence-corrected chi connectivity index (χ0v) is 9.91. The molecule has 1 heterocycles. The first-order valence-electron chi connectivity index (χ1n) is 5.44. The van der Waals surface area contributed by atoms with Crippen LogP contribution in [-0.4, -0.2) is 39.5 Å². The first-order valence-corrected chi connectivity index (χ1v) is 5.82. The minimum atomic E-state index is -0.895. The van der Waals surface area contributed by atoms with Crippen LogP contribution in [0.15, 0.2) is 12.3 Å². The lowest BCUT2D eigenvalue weighted by atomic mass is 10.3. The number of aromatic amines is 1. The minimum absolute atomic E-state index is 0.0311. The fraction of sp³-hybridized carbons (Fsp3) is 0.455. The maximum absolute atomic E-state index is 12.1. The average molecular weight is 257 g/mol. The van der Waals surface area contributed by atoms with Gasteiger partial charge in [-0.2, -0.15) is 0 Å². The Kier molecular flexibility index (Phi) is 3.38. The summed E-state index contributed by atoms with van der Waals surface area (Å²) in [4.78, 5) is 27.0. The molecular formula is C11H13ClN2O3. The van der Waals surface area contributed by atoms with Crippen LogP contribution in [0.3, 0.4) is 0 Å². The summed E-state index contributed by atoms with van der Waals surface area (Å²) in [6.45, 7) is 0.246. The molecule has 17 heavy (non-hydrogen) atoms. The summed E-state index contributed by atoms with van der Waals surface area (Å²) in [5, 5.41) is 9.13. The van der Waals surface area contributed by atoms with E-state index in [1.165, 1.54) is 6.20 Å². The van der Waals surface area contributed by atoms with Gasteiger partial charge in [-0.25, -0.2) is 0 Å². The molecule has 0 bridgehead atoms. The molecule has 1 fully saturated rings. The average Bonchev–Trinajstić information content (AvgIpc) is 3.00. The van der Waals surface area contributed by atoms with Crippen LogP contribution in [0, 0.1) is 0 Å². The van der Waals surface area contributed by atoms with E-state index in [2.05, 4.69) is 4.98 Å². The summed E-state index contributed by atoms with van der Waals surface area (Å²) in [6, 6.07) is 1.74. The predicted octanol–water partition coefficient (Wildman–Crippen LogP) is 1.75. The Labute approximate surface area is 103 Å². The Balaban J connectivity index is 2.05. The van der Waals surface area contributed by atoms with E-state index in [1.807, 2.05) is 0 Å². The van der Waals surface area contributed by atoms with Crippen molar-refractivity contribution in [3.05, 3.63) is 23.0 Å². The van der Waals surface area contributed by atoms with E-state index in [0.717, 1.165) is 12.8 Å². The zero-order chi connectivity index (χ0) is 12.4. The minimum Gasteiger partial charge on any atom is -0.481 e. The monoisotopic (exact) mass is 256 g/mol. The van der Waals surface area contributed by atoms with Crippen LogP contribution in [-0.2, 0) is 4.79 Å². The number of carbonyl (C=O) groups is 2. The van der Waals surface area contributed by atoms with Gasteiger partial charge in [-0.05, 0) is 18.9 Å². The van der Waals surface area contributed by atoms with E-state index in [0.29, 0.717) is 10.7 Å². The molecule has 92 valence electrons. The number of carbonyl (C=O) groups excluding carboxylic acids is 1. The highest BCUT2D eigenvalue weighted by Crippen LogP contribution is 2.28. The van der Waals surface area contributed by atoms with E-state index >= 15 is 0 Å². The van der Waals surface area contributed by atoms with Crippen molar-refractivity contribution in [1.29, 1.82) is 0 Å². The molecular weight excluding hydrogens is 244 g/mol. The van der Waals surface area contributed by atoms with Gasteiger partial charge in [-0.3, -0.25) is 9.59 Å². The second-order valence-electron chi connectivity index (χ2n) is 4.11. The third-order valence-corrected chi connectivity index (χ3v) is 2.91. The molecule has 0 saturated heterocycles. The van der Waals surface area contributed by atoms with Crippen LogP contribution in [0.1, 0.15) is 29.8 Å². The fourth-order valence-electron chi connectivity index (χ4n) is 1.70. The molecule has 1 saturated carbocycles. The first kappa shape index (κ1) is 12.0. The fourth-order valence-corrected chi connectivity index (χ4v) is 1.86. The number of H-pyrrole nitrogens is 1. The number of carboxylic acids is 1. The summed E-state index contributed by atoms with van der Waals surface area (Å²) < 4.78 is 0. The van der Waals surface area contributed by atoms with Crippen molar-refractivity contribution in [1.82, 2.24) is 9.88 Å². The van der Waals surface area contributed by atoms with E-state index in [1.54, 1.807) is 11.0 Å². The lowest BCUT2D eigenvalue weighted by Crippen LogP contribution is -2.35. The van der Waals surface area contributed by atoms with Gasteiger partial charge in [0, 0.05) is 18.8 Å². The Morgan fingerprint density at radius 2 is 2.24 bits per heavy atom. The molecule has 1 amide bonds. The van der Waals surface area contributed by atoms with Gasteiger partial charge in [-0.1, -0.05) is 11.6 Å². The van der Waals surface area contributed by atoms with Crippen LogP contribution in [0.4, 0.5) is 0 Å². The van der Waals surface area contributed by atoms with Crippen molar-refractivity contribution in [2.45, 2.75) is 25.3 Å². The Morgan fingerprint density at radius 1 is 1.53 bits per heavy atom. The third-order valence-electron chi connectivity index (χ3n) is 2.69. The summed E-state index contributed by atoms with van der Waals surface area (Å²) in [5.74, 6) is -1.08. The number of aromatic nitrogens is 1. The van der Waals surface area contributed by atoms with Gasteiger partial charge < -0.3 is 15.0 Å². The van der Waals surface area contributed by atoms with E-state index in [-0.39, 0.29) is 24.9 Å². The van der Waals surface area contributed by atoms with Crippen molar-refractivity contribution < 1.29 is 14.7 Å². The molecule has 1 aromatic rings. The molecule has 0 aliphatic heterocycles. The van der Waals surface area contributed by atoms with Gasteiger partial charge in [0.05, 0.1) is 11.4 Å². The summed E-state index contributed by atoms with van der Waals surface area (Å²) in [5.41, 5.74) is 0.410. The van der Waals surface area contributed by atoms with Crippen LogP contribution in [0.2, 0.25) is 5.02 Å². The second-order valence-corrected chi connectivity index (χ2v) is 4.54. The zero-order valence-electron chi connectivity index (χ0n) is 9.15. The highest BCUT2D eigenvalue weighted by Gasteiger charge is 2.33. The lowest BCUT2D eigenvalue weighted by molar-refractivity contribution is -0.137. The normalized spacial score (nSPS) is 14.6. The van der Waals surface area contributed by atoms with Gasteiger partial charge in [0.15, 0.2) is 0 Å². The maximum Gasteiger partial charge on any atom is 0.305 e. The van der Waals surface area contributed by atoms with Crippen LogP contribution in [0.5, 0.6) is 0 Å². The number of carboxylic acid groups (broad SMARTS) is 1. The standard InChI is InChI=1S/C11H13ClN2O3/c12-7-5-9(13-6-7)11(17)14(8-1-2-8)4-3-10(15)16/h5-6,8,13H,1-4H2,(H,15,16). The largest absolute Gasteiger partial charge is 0.481 e. The molecule has 1 aliphatic carbocycles. The molecule has 1 aliphatic rings. The molecule has 0 unspecified atom stereocenters. The quantitative estimate of drug-likeness (QED) is 0.843. The topological polar surface area (TPSA) is 73.4 Å². The van der Waals surface area contributed by atoms with Gasteiger partial charge >= 0.3 is 5.97 Å². The SMILES string of the molecule is O=C(O)CCN(C(=O)c1cc(Cl)c[nH]1)C1CC1. The smallest absolute Gasteiger partial charge is 0.305 e. The van der Waals surface area contributed by atoms with E-state index < -0.39 is 5.97 Å². The summed E-state index contributed by atoms with van der Waals surface area (Å²) >= 11 is 5.74. The van der Waals surface area contributed by atoms with Crippen LogP contribution in [0.25, 0.3) is 0 Å². The number of halogens is 1. The second kappa shape index (κ2) is 4.79. The van der Waals surface area contributed by atoms with Gasteiger partial charge in [0.25, 0.3) is 5.91 Å². The van der Waals surface area contributed by atoms with Gasteiger partial charge in [0.1, 0.15) is 5.69 Å². The molecule has 0 aromatic carbocycles. The Morgan fingerprint density at radius 3 is 2.71 bits per heavy atom. The number of hydrogen-bond acceptors (Lipinski definition) is 2. The van der Waals surface area contributed by atoms with Crippen molar-refractivity contribution in [2.24, 2.45) is 0 Å². The molecule has 0 radical (unpaired) electrons. The van der Waals surface area contributed by atoms with Crippen LogP contribution >= 0.6 is 11.6 Å². The van der Waals surface area contributed by atoms with Crippen molar-refractivity contribution in [2.75, 3.05) is 6.54 Å². The van der Waals surface area contributed by atoms with Crippen molar-refractivity contribution >= 4 is 23.5 Å². The highest BCUT2D eigenvalue weighted by molar-refractivity contribution is 6.30. The molecule has 5 nitrogen and oxygen atoms in total. The highest BCUT2D eigenvalue weighted by atomic mass is 35.5. The Hall–Kier alpha value is -1.49. The number of amides is 1. The number of nitrogens with one attached hydrogen (secondary N) is 1. The van der Waals surface area contributed by atoms with E-state index in [4.69, 9.17) is 16.7 Å². The van der Waals surface area contributed by atoms with Gasteiger partial charge in [-0.15, -0.1) is 0 Å². The molecule has 6 heteroatoms. The molecule has 2 N–H and O–H groups in total. The van der Waals surface area contributed by atoms with Crippen molar-refractivity contribution in [3.8, 4) is 0 Å². The third kappa shape index (κ3) is 3.00. The Bertz CT molecular complexity index is 440. The van der Waals surface area contributed by atoms with Crippen molar-refractivity contribution in [3.63, 3.8) is 0 Å². The number of hydrogen-bond donors (Lipinski definition) is 2. The molecule has 0 spiro atoms. The number of rotatable bonds is 5.